The van der Waals surface area contributed by atoms with Crippen LogP contribution >= 0.6 is 11.6 Å². The molecule has 0 aliphatic rings. The zero-order chi connectivity index (χ0) is 26.1. The van der Waals surface area contributed by atoms with Crippen molar-refractivity contribution in [2.45, 2.75) is 0 Å². The van der Waals surface area contributed by atoms with E-state index in [1.165, 1.54) is 43.5 Å². The van der Waals surface area contributed by atoms with Crippen molar-refractivity contribution in [2.24, 2.45) is 0 Å². The topological polar surface area (TPSA) is 48.3 Å². The van der Waals surface area contributed by atoms with E-state index in [1.54, 1.807) is 0 Å². The van der Waals surface area contributed by atoms with Gasteiger partial charge in [-0.05, 0) is 48.0 Å². The minimum absolute atomic E-state index is 0.188. The van der Waals surface area contributed by atoms with Crippen molar-refractivity contribution >= 4 is 93.6 Å². The van der Waals surface area contributed by atoms with Gasteiger partial charge in [0.05, 0.1) is 27.6 Å². The van der Waals surface area contributed by atoms with Gasteiger partial charge < -0.3 is 8.82 Å². The first-order chi connectivity index (χ1) is 19.8. The Bertz CT molecular complexity index is 2680. The molecule has 0 unspecified atom stereocenters. The maximum atomic E-state index is 6.61. The molecule has 5 heterocycles. The van der Waals surface area contributed by atoms with Gasteiger partial charge in [0.15, 0.2) is 11.4 Å². The van der Waals surface area contributed by atoms with E-state index in [0.29, 0.717) is 16.9 Å². The number of benzene rings is 5. The van der Waals surface area contributed by atoms with Crippen LogP contribution in [0.5, 0.6) is 0 Å². The summed E-state index contributed by atoms with van der Waals surface area (Å²) in [7, 11) is 0. The lowest BCUT2D eigenvalue weighted by Crippen LogP contribution is -2.00. The van der Waals surface area contributed by atoms with E-state index in [0.717, 1.165) is 27.4 Å². The van der Waals surface area contributed by atoms with Gasteiger partial charge in [0.1, 0.15) is 11.1 Å². The molecular weight excluding hydrogens is 516 g/mol. The van der Waals surface area contributed by atoms with Crippen LogP contribution in [-0.2, 0) is 0 Å². The number of hydrogen-bond donors (Lipinski definition) is 0. The summed E-state index contributed by atoms with van der Waals surface area (Å²) in [6.45, 7) is 0. The number of aromatic nitrogens is 4. The Labute approximate surface area is 230 Å². The van der Waals surface area contributed by atoms with Gasteiger partial charge in [-0.1, -0.05) is 66.7 Å². The number of nitrogens with zero attached hydrogens (tertiary/aromatic N) is 4. The Morgan fingerprint density at radius 2 is 1.20 bits per heavy atom. The van der Waals surface area contributed by atoms with Crippen LogP contribution in [-0.4, -0.2) is 18.9 Å². The zero-order valence-electron chi connectivity index (χ0n) is 20.9. The molecule has 5 nitrogen and oxygen atoms in total. The van der Waals surface area contributed by atoms with Crippen molar-refractivity contribution in [2.75, 3.05) is 0 Å². The number of para-hydroxylation sites is 4. The lowest BCUT2D eigenvalue weighted by Gasteiger charge is -2.08. The van der Waals surface area contributed by atoms with E-state index in [-0.39, 0.29) is 5.28 Å². The van der Waals surface area contributed by atoms with Crippen molar-refractivity contribution in [3.05, 3.63) is 108 Å². The van der Waals surface area contributed by atoms with Crippen molar-refractivity contribution in [1.29, 1.82) is 0 Å². The lowest BCUT2D eigenvalue weighted by molar-refractivity contribution is 0.662. The minimum atomic E-state index is 0.188. The minimum Gasteiger partial charge on any atom is -0.450 e. The van der Waals surface area contributed by atoms with Gasteiger partial charge in [0, 0.05) is 37.7 Å². The quantitative estimate of drug-likeness (QED) is 0.198. The molecule has 0 aliphatic heterocycles. The summed E-state index contributed by atoms with van der Waals surface area (Å²) in [6.07, 6.45) is 0. The van der Waals surface area contributed by atoms with E-state index in [9.17, 15) is 0 Å². The summed E-state index contributed by atoms with van der Waals surface area (Å²) in [6, 6.07) is 36.1. The fraction of sp³-hybridized carbons (Fsp3) is 0. The predicted molar refractivity (Wildman–Crippen MR) is 163 cm³/mol. The Balaban J connectivity index is 1.52. The highest BCUT2D eigenvalue weighted by atomic mass is 35.5. The molecule has 0 radical (unpaired) electrons. The third kappa shape index (κ3) is 2.36. The van der Waals surface area contributed by atoms with Crippen LogP contribution in [0.2, 0.25) is 5.28 Å². The summed E-state index contributed by atoms with van der Waals surface area (Å²) in [4.78, 5) is 9.39. The summed E-state index contributed by atoms with van der Waals surface area (Å²) < 4.78 is 11.0. The Kier molecular flexibility index (Phi) is 3.68. The second-order valence-electron chi connectivity index (χ2n) is 10.4. The average Bonchev–Trinajstić information content (AvgIpc) is 3.72. The van der Waals surface area contributed by atoms with Crippen LogP contribution < -0.4 is 0 Å². The monoisotopic (exact) mass is 532 g/mol. The Morgan fingerprint density at radius 3 is 2.00 bits per heavy atom. The van der Waals surface area contributed by atoms with Crippen LogP contribution in [0.15, 0.2) is 108 Å². The Hall–Kier alpha value is -5.13. The van der Waals surface area contributed by atoms with Gasteiger partial charge in [-0.25, -0.2) is 4.98 Å². The molecule has 0 N–H and O–H groups in total. The van der Waals surface area contributed by atoms with Gasteiger partial charge in [0.25, 0.3) is 0 Å². The number of furan rings is 1. The van der Waals surface area contributed by atoms with E-state index in [2.05, 4.69) is 92.8 Å². The molecule has 0 fully saturated rings. The molecule has 186 valence electrons. The number of hydrogen-bond acceptors (Lipinski definition) is 3. The molecule has 0 amide bonds. The van der Waals surface area contributed by atoms with Gasteiger partial charge in [0.2, 0.25) is 5.28 Å². The second-order valence-corrected chi connectivity index (χ2v) is 10.7. The van der Waals surface area contributed by atoms with Crippen LogP contribution in [0.3, 0.4) is 0 Å². The molecule has 10 aromatic rings. The van der Waals surface area contributed by atoms with Gasteiger partial charge >= 0.3 is 0 Å². The molecule has 0 aliphatic carbocycles. The summed E-state index contributed by atoms with van der Waals surface area (Å²) in [5.74, 6) is 0.638. The molecule has 0 saturated carbocycles. The third-order valence-corrected chi connectivity index (χ3v) is 8.56. The first-order valence-electron chi connectivity index (χ1n) is 13.2. The number of rotatable bonds is 1. The maximum Gasteiger partial charge on any atom is 0.225 e. The molecule has 10 rings (SSSR count). The second kappa shape index (κ2) is 7.08. The summed E-state index contributed by atoms with van der Waals surface area (Å²) in [5, 5.41) is 8.36. The third-order valence-electron chi connectivity index (χ3n) is 8.39. The van der Waals surface area contributed by atoms with Crippen molar-refractivity contribution in [3.63, 3.8) is 0 Å². The van der Waals surface area contributed by atoms with E-state index >= 15 is 0 Å². The van der Waals surface area contributed by atoms with E-state index in [1.807, 2.05) is 24.3 Å². The zero-order valence-corrected chi connectivity index (χ0v) is 21.6. The number of fused-ring (bicyclic) bond motifs is 13. The van der Waals surface area contributed by atoms with Crippen molar-refractivity contribution < 1.29 is 4.42 Å². The molecule has 5 aromatic carbocycles. The highest BCUT2D eigenvalue weighted by Crippen LogP contribution is 2.47. The van der Waals surface area contributed by atoms with Gasteiger partial charge in [-0.2, -0.15) is 4.98 Å². The Morgan fingerprint density at radius 1 is 0.575 bits per heavy atom. The first-order valence-corrected chi connectivity index (χ1v) is 13.6. The molecule has 40 heavy (non-hydrogen) atoms. The van der Waals surface area contributed by atoms with Crippen LogP contribution in [0.25, 0.3) is 87.8 Å². The summed E-state index contributed by atoms with van der Waals surface area (Å²) >= 11 is 6.61. The fourth-order valence-electron chi connectivity index (χ4n) is 6.89. The highest BCUT2D eigenvalue weighted by molar-refractivity contribution is 6.36. The van der Waals surface area contributed by atoms with E-state index < -0.39 is 0 Å². The summed E-state index contributed by atoms with van der Waals surface area (Å²) in [5.41, 5.74) is 7.84. The maximum absolute atomic E-state index is 6.61. The highest BCUT2D eigenvalue weighted by Gasteiger charge is 2.26. The molecule has 0 bridgehead atoms. The molecule has 5 aromatic heterocycles. The molecule has 0 spiro atoms. The molecular formula is C34H17ClN4O. The van der Waals surface area contributed by atoms with Gasteiger partial charge in [-0.15, -0.1) is 0 Å². The fourth-order valence-corrected chi connectivity index (χ4v) is 7.06. The van der Waals surface area contributed by atoms with Crippen LogP contribution in [0.4, 0.5) is 0 Å². The standard InChI is InChI=1S/C34H17ClN4O/c35-34-36-30-21-12-4-8-16-27(21)40-32(30)33(37-34)39-25-15-7-2-10-19(25)28-26(39)17-22-18-9-1-5-13-23(18)38-24-14-6-3-11-20(24)29(28)31(22)38/h1-17H. The molecule has 0 atom stereocenters. The van der Waals surface area contributed by atoms with Crippen LogP contribution in [0.1, 0.15) is 0 Å². The SMILES string of the molecule is Clc1nc(-n2c3ccccc3c3c4c5ccccc5n5c6ccccc6c(cc32)c45)c2oc3ccccc3c2n1. The lowest BCUT2D eigenvalue weighted by atomic mass is 10.0. The predicted octanol–water partition coefficient (Wildman–Crippen LogP) is 9.28. The largest absolute Gasteiger partial charge is 0.450 e. The molecule has 6 heteroatoms. The van der Waals surface area contributed by atoms with Crippen molar-refractivity contribution in [3.8, 4) is 5.82 Å². The normalized spacial score (nSPS) is 12.6. The van der Waals surface area contributed by atoms with Crippen LogP contribution in [0, 0.1) is 0 Å². The smallest absolute Gasteiger partial charge is 0.225 e. The van der Waals surface area contributed by atoms with Gasteiger partial charge in [-0.3, -0.25) is 4.57 Å². The molecule has 0 saturated heterocycles. The first kappa shape index (κ1) is 20.8. The number of halogens is 1. The van der Waals surface area contributed by atoms with E-state index in [4.69, 9.17) is 21.0 Å². The van der Waals surface area contributed by atoms with Crippen molar-refractivity contribution in [1.82, 2.24) is 18.9 Å². The average molecular weight is 533 g/mol.